The van der Waals surface area contributed by atoms with E-state index in [-0.39, 0.29) is 18.1 Å². The normalized spacial score (nSPS) is 22.5. The van der Waals surface area contributed by atoms with Gasteiger partial charge in [-0.2, -0.15) is 0 Å². The SMILES string of the molecule is Fc1cc(Cl)cc2c1C1Cc3cc(Br)ccc3N1C(c1ccc(C3CC3)s1)O2. The molecule has 1 aromatic heterocycles. The molecule has 0 radical (unpaired) electrons. The number of rotatable bonds is 2. The van der Waals surface area contributed by atoms with Crippen LogP contribution in [0.25, 0.3) is 0 Å². The number of fused-ring (bicyclic) bond motifs is 5. The minimum atomic E-state index is -0.298. The van der Waals surface area contributed by atoms with Crippen LogP contribution in [0.1, 0.15) is 51.9 Å². The smallest absolute Gasteiger partial charge is 0.208 e. The molecule has 0 amide bonds. The summed E-state index contributed by atoms with van der Waals surface area (Å²) in [6.07, 6.45) is 3.04. The zero-order chi connectivity index (χ0) is 19.0. The number of thiophene rings is 1. The third kappa shape index (κ3) is 2.63. The van der Waals surface area contributed by atoms with Gasteiger partial charge in [-0.15, -0.1) is 11.3 Å². The molecule has 3 aromatic rings. The van der Waals surface area contributed by atoms with Gasteiger partial charge in [-0.25, -0.2) is 4.39 Å². The summed E-state index contributed by atoms with van der Waals surface area (Å²) in [7, 11) is 0. The lowest BCUT2D eigenvalue weighted by Crippen LogP contribution is -2.37. The second-order valence-corrected chi connectivity index (χ2v) is 10.2. The predicted octanol–water partition coefficient (Wildman–Crippen LogP) is 7.38. The number of ether oxygens (including phenoxy) is 1. The number of hydrogen-bond acceptors (Lipinski definition) is 3. The van der Waals surface area contributed by atoms with Crippen LogP contribution >= 0.6 is 38.9 Å². The van der Waals surface area contributed by atoms with Gasteiger partial charge in [0.05, 0.1) is 16.5 Å². The zero-order valence-electron chi connectivity index (χ0n) is 14.8. The van der Waals surface area contributed by atoms with Gasteiger partial charge in [0.2, 0.25) is 6.23 Å². The Morgan fingerprint density at radius 3 is 2.75 bits per heavy atom. The first-order chi connectivity index (χ1) is 13.6. The van der Waals surface area contributed by atoms with E-state index >= 15 is 0 Å². The lowest BCUT2D eigenvalue weighted by Gasteiger charge is -2.40. The van der Waals surface area contributed by atoms with Crippen LogP contribution in [0.4, 0.5) is 10.1 Å². The fourth-order valence-corrected chi connectivity index (χ4v) is 6.23. The Balaban J connectivity index is 1.52. The number of halogens is 3. The number of anilines is 1. The average molecular weight is 477 g/mol. The summed E-state index contributed by atoms with van der Waals surface area (Å²) < 4.78 is 22.4. The molecule has 28 heavy (non-hydrogen) atoms. The van der Waals surface area contributed by atoms with Gasteiger partial charge in [0.1, 0.15) is 11.6 Å². The van der Waals surface area contributed by atoms with Crippen LogP contribution < -0.4 is 9.64 Å². The van der Waals surface area contributed by atoms with Gasteiger partial charge in [-0.05, 0) is 73.2 Å². The molecule has 2 unspecified atom stereocenters. The Labute approximate surface area is 180 Å². The van der Waals surface area contributed by atoms with E-state index in [2.05, 4.69) is 45.1 Å². The first kappa shape index (κ1) is 17.3. The summed E-state index contributed by atoms with van der Waals surface area (Å²) in [6, 6.07) is 13.7. The van der Waals surface area contributed by atoms with Crippen LogP contribution in [0, 0.1) is 5.82 Å². The maximum atomic E-state index is 14.9. The van der Waals surface area contributed by atoms with Gasteiger partial charge < -0.3 is 9.64 Å². The van der Waals surface area contributed by atoms with Crippen LogP contribution in [-0.4, -0.2) is 0 Å². The standard InChI is InChI=1S/C22H16BrClFNOS/c23-13-3-4-16-12(7-13)8-17-21-15(25)9-14(24)10-18(21)27-22(26(16)17)20-6-5-19(28-20)11-1-2-11/h3-7,9-11,17,22H,1-2,8H2. The largest absolute Gasteiger partial charge is 0.465 e. The molecule has 6 rings (SSSR count). The summed E-state index contributed by atoms with van der Waals surface area (Å²) in [5.74, 6) is 0.969. The van der Waals surface area contributed by atoms with E-state index in [0.717, 1.165) is 21.5 Å². The van der Waals surface area contributed by atoms with Gasteiger partial charge in [-0.3, -0.25) is 0 Å². The number of nitrogens with zero attached hydrogens (tertiary/aromatic N) is 1. The lowest BCUT2D eigenvalue weighted by atomic mass is 9.99. The van der Waals surface area contributed by atoms with Gasteiger partial charge in [0, 0.05) is 20.1 Å². The van der Waals surface area contributed by atoms with Crippen molar-refractivity contribution in [2.45, 2.75) is 37.5 Å². The Morgan fingerprint density at radius 1 is 1.11 bits per heavy atom. The molecular weight excluding hydrogens is 461 g/mol. The maximum absolute atomic E-state index is 14.9. The fourth-order valence-electron chi connectivity index (χ4n) is 4.42. The molecule has 0 spiro atoms. The summed E-state index contributed by atoms with van der Waals surface area (Å²) in [6.45, 7) is 0. The molecule has 6 heteroatoms. The van der Waals surface area contributed by atoms with Crippen molar-refractivity contribution in [3.63, 3.8) is 0 Å². The van der Waals surface area contributed by atoms with Gasteiger partial charge in [-0.1, -0.05) is 27.5 Å². The fraction of sp³-hybridized carbons (Fsp3) is 0.273. The summed E-state index contributed by atoms with van der Waals surface area (Å²) in [4.78, 5) is 4.83. The van der Waals surface area contributed by atoms with Crippen LogP contribution in [0.5, 0.6) is 5.75 Å². The van der Waals surface area contributed by atoms with Crippen LogP contribution in [-0.2, 0) is 6.42 Å². The molecule has 3 aliphatic rings. The highest BCUT2D eigenvalue weighted by Crippen LogP contribution is 2.54. The molecule has 2 nitrogen and oxygen atoms in total. The van der Waals surface area contributed by atoms with Crippen molar-refractivity contribution in [3.8, 4) is 5.75 Å². The zero-order valence-corrected chi connectivity index (χ0v) is 18.0. The third-order valence-electron chi connectivity index (χ3n) is 5.82. The van der Waals surface area contributed by atoms with Gasteiger partial charge in [0.25, 0.3) is 0 Å². The topological polar surface area (TPSA) is 12.5 Å². The van der Waals surface area contributed by atoms with Crippen molar-refractivity contribution in [1.29, 1.82) is 0 Å². The van der Waals surface area contributed by atoms with Crippen molar-refractivity contribution in [3.05, 3.63) is 78.7 Å². The average Bonchev–Trinajstić information content (AvgIpc) is 3.26. The Kier molecular flexibility index (Phi) is 3.84. The monoisotopic (exact) mass is 475 g/mol. The van der Waals surface area contributed by atoms with Crippen molar-refractivity contribution < 1.29 is 9.13 Å². The van der Waals surface area contributed by atoms with E-state index in [9.17, 15) is 4.39 Å². The lowest BCUT2D eigenvalue weighted by molar-refractivity contribution is 0.168. The van der Waals surface area contributed by atoms with E-state index in [0.29, 0.717) is 22.3 Å². The van der Waals surface area contributed by atoms with E-state index in [1.54, 1.807) is 6.07 Å². The summed E-state index contributed by atoms with van der Waals surface area (Å²) >= 11 is 11.5. The molecule has 0 N–H and O–H groups in total. The Hall–Kier alpha value is -1.56. The molecule has 0 saturated heterocycles. The van der Waals surface area contributed by atoms with Crippen LogP contribution in [0.2, 0.25) is 5.02 Å². The van der Waals surface area contributed by atoms with E-state index in [1.165, 1.54) is 29.3 Å². The molecular formula is C22H16BrClFNOS. The molecule has 2 aliphatic heterocycles. The van der Waals surface area contributed by atoms with E-state index in [4.69, 9.17) is 16.3 Å². The first-order valence-corrected chi connectivity index (χ1v) is 11.4. The molecule has 0 bridgehead atoms. The molecule has 142 valence electrons. The van der Waals surface area contributed by atoms with Crippen molar-refractivity contribution >= 4 is 44.6 Å². The minimum Gasteiger partial charge on any atom is -0.465 e. The quantitative estimate of drug-likeness (QED) is 0.383. The van der Waals surface area contributed by atoms with E-state index < -0.39 is 0 Å². The van der Waals surface area contributed by atoms with Crippen molar-refractivity contribution in [2.24, 2.45) is 0 Å². The highest BCUT2D eigenvalue weighted by atomic mass is 79.9. The molecule has 3 heterocycles. The van der Waals surface area contributed by atoms with Crippen molar-refractivity contribution in [2.75, 3.05) is 4.90 Å². The maximum Gasteiger partial charge on any atom is 0.208 e. The predicted molar refractivity (Wildman–Crippen MR) is 114 cm³/mol. The second-order valence-electron chi connectivity index (χ2n) is 7.68. The van der Waals surface area contributed by atoms with Crippen LogP contribution in [0.3, 0.4) is 0 Å². The van der Waals surface area contributed by atoms with E-state index in [1.807, 2.05) is 17.4 Å². The molecule has 1 fully saturated rings. The number of hydrogen-bond donors (Lipinski definition) is 0. The minimum absolute atomic E-state index is 0.0956. The summed E-state index contributed by atoms with van der Waals surface area (Å²) in [5, 5.41) is 0.367. The molecule has 2 atom stereocenters. The summed E-state index contributed by atoms with van der Waals surface area (Å²) in [5.41, 5.74) is 2.92. The van der Waals surface area contributed by atoms with Crippen molar-refractivity contribution in [1.82, 2.24) is 0 Å². The number of benzene rings is 2. The third-order valence-corrected chi connectivity index (χ3v) is 7.81. The molecule has 1 saturated carbocycles. The van der Waals surface area contributed by atoms with Gasteiger partial charge >= 0.3 is 0 Å². The Morgan fingerprint density at radius 2 is 1.93 bits per heavy atom. The second kappa shape index (κ2) is 6.22. The molecule has 1 aliphatic carbocycles. The highest BCUT2D eigenvalue weighted by molar-refractivity contribution is 9.10. The van der Waals surface area contributed by atoms with Crippen LogP contribution in [0.15, 0.2) is 46.9 Å². The first-order valence-electron chi connectivity index (χ1n) is 9.40. The Bertz CT molecular complexity index is 1110. The molecule has 2 aromatic carbocycles. The highest BCUT2D eigenvalue weighted by Gasteiger charge is 2.44. The van der Waals surface area contributed by atoms with Gasteiger partial charge in [0.15, 0.2) is 0 Å².